The van der Waals surface area contributed by atoms with Crippen molar-refractivity contribution in [3.63, 3.8) is 0 Å². The van der Waals surface area contributed by atoms with Crippen LogP contribution in [0.5, 0.6) is 0 Å². The van der Waals surface area contributed by atoms with Gasteiger partial charge in [0.25, 0.3) is 5.56 Å². The fourth-order valence-electron chi connectivity index (χ4n) is 2.84. The summed E-state index contributed by atoms with van der Waals surface area (Å²) in [6, 6.07) is 7.46. The average molecular weight is 390 g/mol. The first-order valence-corrected chi connectivity index (χ1v) is 9.81. The van der Waals surface area contributed by atoms with Gasteiger partial charge in [-0.25, -0.2) is 4.98 Å². The highest BCUT2D eigenvalue weighted by Gasteiger charge is 2.15. The molecule has 7 heteroatoms. The molecule has 2 aromatic heterocycles. The van der Waals surface area contributed by atoms with Gasteiger partial charge < -0.3 is 5.32 Å². The Morgan fingerprint density at radius 3 is 2.62 bits per heavy atom. The van der Waals surface area contributed by atoms with Crippen molar-refractivity contribution < 1.29 is 4.79 Å². The standard InChI is InChI=1S/C19H20ClN3O2S/c1-3-14(4-2)22-16(24)9-23-11-21-18-17(19(23)25)15(10-26-18)12-5-7-13(20)8-6-12/h5-8,10-11,14H,3-4,9H2,1-2H3,(H,22,24). The minimum Gasteiger partial charge on any atom is -0.352 e. The lowest BCUT2D eigenvalue weighted by Gasteiger charge is -2.15. The van der Waals surface area contributed by atoms with E-state index in [2.05, 4.69) is 10.3 Å². The van der Waals surface area contributed by atoms with Crippen molar-refractivity contribution in [2.75, 3.05) is 0 Å². The SMILES string of the molecule is CCC(CC)NC(=O)Cn1cnc2scc(-c3ccc(Cl)cc3)c2c1=O. The van der Waals surface area contributed by atoms with E-state index in [0.717, 1.165) is 24.0 Å². The van der Waals surface area contributed by atoms with Crippen molar-refractivity contribution in [1.29, 1.82) is 0 Å². The van der Waals surface area contributed by atoms with Crippen LogP contribution >= 0.6 is 22.9 Å². The van der Waals surface area contributed by atoms with Gasteiger partial charge in [-0.3, -0.25) is 14.2 Å². The van der Waals surface area contributed by atoms with Gasteiger partial charge >= 0.3 is 0 Å². The number of thiophene rings is 1. The second-order valence-corrected chi connectivity index (χ2v) is 7.39. The smallest absolute Gasteiger partial charge is 0.263 e. The van der Waals surface area contributed by atoms with E-state index in [0.29, 0.717) is 15.2 Å². The van der Waals surface area contributed by atoms with Crippen LogP contribution in [0.3, 0.4) is 0 Å². The van der Waals surface area contributed by atoms with Crippen LogP contribution in [-0.4, -0.2) is 21.5 Å². The van der Waals surface area contributed by atoms with Crippen molar-refractivity contribution in [3.05, 3.63) is 51.3 Å². The maximum Gasteiger partial charge on any atom is 0.263 e. The largest absolute Gasteiger partial charge is 0.352 e. The van der Waals surface area contributed by atoms with Crippen LogP contribution in [-0.2, 0) is 11.3 Å². The Morgan fingerprint density at radius 2 is 1.96 bits per heavy atom. The first kappa shape index (κ1) is 18.6. The zero-order valence-corrected chi connectivity index (χ0v) is 16.2. The highest BCUT2D eigenvalue weighted by molar-refractivity contribution is 7.17. The van der Waals surface area contributed by atoms with Crippen molar-refractivity contribution in [2.24, 2.45) is 0 Å². The number of halogens is 1. The molecule has 0 aliphatic heterocycles. The van der Waals surface area contributed by atoms with E-state index < -0.39 is 0 Å². The second-order valence-electron chi connectivity index (χ2n) is 6.09. The van der Waals surface area contributed by atoms with Gasteiger partial charge in [0, 0.05) is 22.0 Å². The molecule has 0 aliphatic carbocycles. The number of nitrogens with one attached hydrogen (secondary N) is 1. The molecule has 0 atom stereocenters. The Kier molecular flexibility index (Phi) is 5.74. The molecule has 0 saturated heterocycles. The molecule has 0 aliphatic rings. The summed E-state index contributed by atoms with van der Waals surface area (Å²) in [6.07, 6.45) is 3.17. The van der Waals surface area contributed by atoms with Gasteiger partial charge in [-0.2, -0.15) is 0 Å². The molecule has 0 saturated carbocycles. The highest BCUT2D eigenvalue weighted by atomic mass is 35.5. The topological polar surface area (TPSA) is 64.0 Å². The van der Waals surface area contributed by atoms with E-state index in [1.807, 2.05) is 31.4 Å². The normalized spacial score (nSPS) is 11.2. The zero-order valence-electron chi connectivity index (χ0n) is 14.7. The van der Waals surface area contributed by atoms with Crippen LogP contribution in [0.2, 0.25) is 5.02 Å². The molecule has 0 fully saturated rings. The first-order valence-electron chi connectivity index (χ1n) is 8.55. The average Bonchev–Trinajstić information content (AvgIpc) is 3.07. The summed E-state index contributed by atoms with van der Waals surface area (Å²) in [5.41, 5.74) is 1.51. The van der Waals surface area contributed by atoms with Gasteiger partial charge in [-0.05, 0) is 30.5 Å². The Balaban J connectivity index is 1.95. The molecule has 0 spiro atoms. The van der Waals surface area contributed by atoms with E-state index in [1.54, 1.807) is 12.1 Å². The number of fused-ring (bicyclic) bond motifs is 1. The Morgan fingerprint density at radius 1 is 1.27 bits per heavy atom. The summed E-state index contributed by atoms with van der Waals surface area (Å²) in [5, 5.41) is 6.04. The third-order valence-electron chi connectivity index (χ3n) is 4.38. The maximum absolute atomic E-state index is 12.9. The number of amides is 1. The summed E-state index contributed by atoms with van der Waals surface area (Å²) in [7, 11) is 0. The number of hydrogen-bond donors (Lipinski definition) is 1. The lowest BCUT2D eigenvalue weighted by atomic mass is 10.1. The summed E-state index contributed by atoms with van der Waals surface area (Å²) >= 11 is 7.37. The fourth-order valence-corrected chi connectivity index (χ4v) is 3.88. The predicted molar refractivity (Wildman–Crippen MR) is 107 cm³/mol. The number of benzene rings is 1. The molecular formula is C19H20ClN3O2S. The van der Waals surface area contributed by atoms with E-state index in [1.165, 1.54) is 22.2 Å². The number of carbonyl (C=O) groups excluding carboxylic acids is 1. The van der Waals surface area contributed by atoms with Crippen molar-refractivity contribution in [2.45, 2.75) is 39.3 Å². The van der Waals surface area contributed by atoms with Gasteiger partial charge in [-0.1, -0.05) is 37.6 Å². The van der Waals surface area contributed by atoms with Crippen LogP contribution in [0, 0.1) is 0 Å². The molecule has 26 heavy (non-hydrogen) atoms. The third kappa shape index (κ3) is 3.81. The molecule has 2 heterocycles. The molecule has 0 bridgehead atoms. The van der Waals surface area contributed by atoms with Gasteiger partial charge in [0.1, 0.15) is 11.4 Å². The van der Waals surface area contributed by atoms with Gasteiger partial charge in [0.05, 0.1) is 11.7 Å². The van der Waals surface area contributed by atoms with E-state index in [4.69, 9.17) is 11.6 Å². The van der Waals surface area contributed by atoms with Crippen molar-refractivity contribution in [1.82, 2.24) is 14.9 Å². The van der Waals surface area contributed by atoms with Crippen LogP contribution in [0.4, 0.5) is 0 Å². The number of nitrogens with zero attached hydrogens (tertiary/aromatic N) is 2. The monoisotopic (exact) mass is 389 g/mol. The second kappa shape index (κ2) is 8.01. The van der Waals surface area contributed by atoms with Crippen LogP contribution < -0.4 is 10.9 Å². The highest BCUT2D eigenvalue weighted by Crippen LogP contribution is 2.31. The van der Waals surface area contributed by atoms with Gasteiger partial charge in [0.15, 0.2) is 0 Å². The lowest BCUT2D eigenvalue weighted by Crippen LogP contribution is -2.38. The predicted octanol–water partition coefficient (Wildman–Crippen LogP) is 4.08. The van der Waals surface area contributed by atoms with Crippen LogP contribution in [0.1, 0.15) is 26.7 Å². The minimum atomic E-state index is -0.208. The molecule has 0 radical (unpaired) electrons. The molecule has 1 amide bonds. The third-order valence-corrected chi connectivity index (χ3v) is 5.52. The van der Waals surface area contributed by atoms with Crippen LogP contribution in [0.25, 0.3) is 21.3 Å². The minimum absolute atomic E-state index is 0.0336. The Hall–Kier alpha value is -2.18. The first-order chi connectivity index (χ1) is 12.5. The number of aromatic nitrogens is 2. The number of carbonyl (C=O) groups is 1. The van der Waals surface area contributed by atoms with Crippen molar-refractivity contribution in [3.8, 4) is 11.1 Å². The molecular weight excluding hydrogens is 370 g/mol. The summed E-state index contributed by atoms with van der Waals surface area (Å²) in [6.45, 7) is 4.02. The molecule has 0 unspecified atom stereocenters. The lowest BCUT2D eigenvalue weighted by molar-refractivity contribution is -0.122. The van der Waals surface area contributed by atoms with E-state index >= 15 is 0 Å². The van der Waals surface area contributed by atoms with Crippen molar-refractivity contribution >= 4 is 39.1 Å². The molecule has 1 N–H and O–H groups in total. The molecule has 5 nitrogen and oxygen atoms in total. The molecule has 3 rings (SSSR count). The zero-order chi connectivity index (χ0) is 18.7. The maximum atomic E-state index is 12.9. The van der Waals surface area contributed by atoms with E-state index in [-0.39, 0.29) is 24.1 Å². The summed E-state index contributed by atoms with van der Waals surface area (Å²) < 4.78 is 1.37. The fraction of sp³-hybridized carbons (Fsp3) is 0.316. The molecule has 1 aromatic carbocycles. The molecule has 3 aromatic rings. The molecule has 136 valence electrons. The van der Waals surface area contributed by atoms with Crippen LogP contribution in [0.15, 0.2) is 40.8 Å². The van der Waals surface area contributed by atoms with E-state index in [9.17, 15) is 9.59 Å². The summed E-state index contributed by atoms with van der Waals surface area (Å²) in [5.74, 6) is -0.176. The summed E-state index contributed by atoms with van der Waals surface area (Å²) in [4.78, 5) is 30.2. The van der Waals surface area contributed by atoms with Gasteiger partial charge in [-0.15, -0.1) is 11.3 Å². The number of hydrogen-bond acceptors (Lipinski definition) is 4. The quantitative estimate of drug-likeness (QED) is 0.690. The Labute approximate surface area is 160 Å². The van der Waals surface area contributed by atoms with Gasteiger partial charge in [0.2, 0.25) is 5.91 Å². The Bertz CT molecular complexity index is 975. The number of rotatable bonds is 6.